The summed E-state index contributed by atoms with van der Waals surface area (Å²) in [5.41, 5.74) is 0.960. The van der Waals surface area contributed by atoms with Crippen molar-refractivity contribution in [2.45, 2.75) is 29.2 Å². The standard InChI is InChI=1S/C18H17N5O5S3/c1-9-20-21-18(31-9)30-8-10-7-29-16-13(15(26)23(16)14(10)17(27)28)19-12(25)5-22-4-2-3-11(22)6-24/h2-4,6,13,16H,5,7-8H2,1H3,(H,19,25)(H,27,28)/t13-,16-/m1/s1. The SMILES string of the molecule is Cc1nnc(SCC2=C(C(=O)O)N3C(=O)[C@@H](NC(=O)Cn4cccc4C=O)[C@H]3SC2)s1. The smallest absolute Gasteiger partial charge is 0.352 e. The number of thioether (sulfide) groups is 2. The highest BCUT2D eigenvalue weighted by atomic mass is 32.2. The van der Waals surface area contributed by atoms with E-state index < -0.39 is 29.2 Å². The van der Waals surface area contributed by atoms with Gasteiger partial charge in [-0.3, -0.25) is 19.3 Å². The number of carboxylic acids is 1. The molecule has 2 aliphatic heterocycles. The van der Waals surface area contributed by atoms with Gasteiger partial charge in [0.05, 0.1) is 5.69 Å². The minimum Gasteiger partial charge on any atom is -0.477 e. The van der Waals surface area contributed by atoms with Gasteiger partial charge in [0.15, 0.2) is 10.6 Å². The highest BCUT2D eigenvalue weighted by Crippen LogP contribution is 2.41. The number of carboxylic acid groups (broad SMARTS) is 1. The Morgan fingerprint density at radius 3 is 2.90 bits per heavy atom. The fourth-order valence-corrected chi connectivity index (χ4v) is 6.63. The third-order valence-electron chi connectivity index (χ3n) is 4.74. The van der Waals surface area contributed by atoms with Gasteiger partial charge in [-0.25, -0.2) is 4.79 Å². The maximum atomic E-state index is 12.7. The van der Waals surface area contributed by atoms with E-state index in [9.17, 15) is 24.3 Å². The lowest BCUT2D eigenvalue weighted by Gasteiger charge is -2.49. The van der Waals surface area contributed by atoms with E-state index >= 15 is 0 Å². The number of carbonyl (C=O) groups excluding carboxylic acids is 3. The van der Waals surface area contributed by atoms with Gasteiger partial charge < -0.3 is 15.0 Å². The second-order valence-corrected chi connectivity index (χ2v) is 10.3. The zero-order chi connectivity index (χ0) is 22.1. The Balaban J connectivity index is 1.43. The van der Waals surface area contributed by atoms with Crippen molar-refractivity contribution in [3.05, 3.63) is 40.3 Å². The van der Waals surface area contributed by atoms with Crippen molar-refractivity contribution in [2.24, 2.45) is 0 Å². The Hall–Kier alpha value is -2.64. The number of aldehydes is 1. The molecule has 2 aromatic heterocycles. The van der Waals surface area contributed by atoms with Gasteiger partial charge in [-0.05, 0) is 24.6 Å². The van der Waals surface area contributed by atoms with Crippen LogP contribution < -0.4 is 5.32 Å². The Kier molecular flexibility index (Phi) is 6.16. The van der Waals surface area contributed by atoms with Crippen molar-refractivity contribution >= 4 is 58.9 Å². The second-order valence-electron chi connectivity index (χ2n) is 6.77. The fourth-order valence-electron chi connectivity index (χ4n) is 3.33. The number of nitrogens with zero attached hydrogens (tertiary/aromatic N) is 4. The molecule has 0 bridgehead atoms. The molecule has 0 unspecified atom stereocenters. The molecular formula is C18H17N5O5S3. The number of aryl methyl sites for hydroxylation is 1. The highest BCUT2D eigenvalue weighted by molar-refractivity contribution is 8.01. The Labute approximate surface area is 189 Å². The van der Waals surface area contributed by atoms with Gasteiger partial charge in [-0.15, -0.1) is 22.0 Å². The number of hydrogen-bond donors (Lipinski definition) is 2. The van der Waals surface area contributed by atoms with Crippen LogP contribution in [0.15, 0.2) is 33.9 Å². The van der Waals surface area contributed by atoms with Crippen LogP contribution in [0.1, 0.15) is 15.5 Å². The fraction of sp³-hybridized carbons (Fsp3) is 0.333. The predicted octanol–water partition coefficient (Wildman–Crippen LogP) is 0.991. The summed E-state index contributed by atoms with van der Waals surface area (Å²) in [4.78, 5) is 49.2. The molecule has 0 aliphatic carbocycles. The van der Waals surface area contributed by atoms with Gasteiger partial charge in [-0.2, -0.15) is 0 Å². The van der Waals surface area contributed by atoms with Gasteiger partial charge in [0.1, 0.15) is 28.7 Å². The van der Waals surface area contributed by atoms with Crippen LogP contribution in [0, 0.1) is 6.92 Å². The van der Waals surface area contributed by atoms with E-state index in [2.05, 4.69) is 15.5 Å². The lowest BCUT2D eigenvalue weighted by molar-refractivity contribution is -0.150. The first-order valence-electron chi connectivity index (χ1n) is 9.11. The highest BCUT2D eigenvalue weighted by Gasteiger charge is 2.54. The maximum Gasteiger partial charge on any atom is 0.352 e. The first-order valence-corrected chi connectivity index (χ1v) is 12.0. The van der Waals surface area contributed by atoms with E-state index in [1.54, 1.807) is 18.3 Å². The van der Waals surface area contributed by atoms with Gasteiger partial charge in [0.25, 0.3) is 5.91 Å². The summed E-state index contributed by atoms with van der Waals surface area (Å²) in [6, 6.07) is 2.43. The molecule has 0 aromatic carbocycles. The van der Waals surface area contributed by atoms with Gasteiger partial charge in [0.2, 0.25) is 5.91 Å². The lowest BCUT2D eigenvalue weighted by Crippen LogP contribution is -2.70. The van der Waals surface area contributed by atoms with Crippen LogP contribution in [0.4, 0.5) is 0 Å². The summed E-state index contributed by atoms with van der Waals surface area (Å²) in [5.74, 6) is -1.23. The number of β-lactam (4-membered cyclic amide) rings is 1. The van der Waals surface area contributed by atoms with Crippen molar-refractivity contribution in [1.82, 2.24) is 25.0 Å². The van der Waals surface area contributed by atoms with Crippen LogP contribution in [0.3, 0.4) is 0 Å². The molecule has 13 heteroatoms. The molecule has 1 fully saturated rings. The van der Waals surface area contributed by atoms with Crippen molar-refractivity contribution in [3.8, 4) is 0 Å². The zero-order valence-corrected chi connectivity index (χ0v) is 18.6. The Morgan fingerprint density at radius 2 is 2.23 bits per heavy atom. The van der Waals surface area contributed by atoms with Gasteiger partial charge in [-0.1, -0.05) is 23.1 Å². The summed E-state index contributed by atoms with van der Waals surface area (Å²) in [6.07, 6.45) is 2.25. The monoisotopic (exact) mass is 479 g/mol. The molecular weight excluding hydrogens is 462 g/mol. The molecule has 10 nitrogen and oxygen atoms in total. The van der Waals surface area contributed by atoms with Crippen molar-refractivity contribution < 1.29 is 24.3 Å². The lowest BCUT2D eigenvalue weighted by atomic mass is 10.0. The number of aromatic nitrogens is 3. The third-order valence-corrected chi connectivity index (χ3v) is 8.14. The molecule has 4 heterocycles. The van der Waals surface area contributed by atoms with E-state index in [1.807, 2.05) is 6.92 Å². The first kappa shape index (κ1) is 21.6. The summed E-state index contributed by atoms with van der Waals surface area (Å²) < 4.78 is 2.21. The van der Waals surface area contributed by atoms with Gasteiger partial charge >= 0.3 is 5.97 Å². The largest absolute Gasteiger partial charge is 0.477 e. The number of aliphatic carboxylic acids is 1. The quantitative estimate of drug-likeness (QED) is 0.323. The van der Waals surface area contributed by atoms with E-state index in [-0.39, 0.29) is 12.2 Å². The average molecular weight is 480 g/mol. The minimum absolute atomic E-state index is 0.0263. The Bertz CT molecular complexity index is 1090. The number of rotatable bonds is 8. The van der Waals surface area contributed by atoms with E-state index in [4.69, 9.17) is 0 Å². The molecule has 162 valence electrons. The van der Waals surface area contributed by atoms with E-state index in [1.165, 1.54) is 44.3 Å². The van der Waals surface area contributed by atoms with Gasteiger partial charge in [0, 0.05) is 17.7 Å². The molecule has 31 heavy (non-hydrogen) atoms. The number of hydrogen-bond acceptors (Lipinski definition) is 9. The van der Waals surface area contributed by atoms with Crippen LogP contribution in [-0.2, 0) is 20.9 Å². The summed E-state index contributed by atoms with van der Waals surface area (Å²) in [5, 5.41) is 20.7. The maximum absolute atomic E-state index is 12.7. The topological polar surface area (TPSA) is 134 Å². The minimum atomic E-state index is -1.17. The molecule has 2 amide bonds. The molecule has 2 aromatic rings. The van der Waals surface area contributed by atoms with Crippen LogP contribution in [-0.4, -0.2) is 71.8 Å². The first-order chi connectivity index (χ1) is 14.9. The number of fused-ring (bicyclic) bond motifs is 1. The number of carbonyl (C=O) groups is 4. The van der Waals surface area contributed by atoms with Crippen molar-refractivity contribution in [1.29, 1.82) is 0 Å². The second kappa shape index (κ2) is 8.85. The molecule has 0 radical (unpaired) electrons. The molecule has 1 saturated heterocycles. The van der Waals surface area contributed by atoms with Crippen LogP contribution in [0.2, 0.25) is 0 Å². The van der Waals surface area contributed by atoms with Crippen molar-refractivity contribution in [2.75, 3.05) is 11.5 Å². The molecule has 0 saturated carbocycles. The average Bonchev–Trinajstić information content (AvgIpc) is 3.37. The summed E-state index contributed by atoms with van der Waals surface area (Å²) in [7, 11) is 0. The molecule has 4 rings (SSSR count). The van der Waals surface area contributed by atoms with Crippen LogP contribution in [0.25, 0.3) is 0 Å². The predicted molar refractivity (Wildman–Crippen MR) is 115 cm³/mol. The van der Waals surface area contributed by atoms with Crippen LogP contribution >= 0.6 is 34.9 Å². The van der Waals surface area contributed by atoms with E-state index in [0.29, 0.717) is 29.1 Å². The van der Waals surface area contributed by atoms with E-state index in [0.717, 1.165) is 9.35 Å². The number of nitrogens with one attached hydrogen (secondary N) is 1. The number of amides is 2. The summed E-state index contributed by atoms with van der Waals surface area (Å²) in [6.45, 7) is 1.74. The van der Waals surface area contributed by atoms with Crippen LogP contribution in [0.5, 0.6) is 0 Å². The summed E-state index contributed by atoms with van der Waals surface area (Å²) >= 11 is 4.22. The Morgan fingerprint density at radius 1 is 1.42 bits per heavy atom. The molecule has 2 aliphatic rings. The molecule has 0 spiro atoms. The van der Waals surface area contributed by atoms with Crippen molar-refractivity contribution in [3.63, 3.8) is 0 Å². The third kappa shape index (κ3) is 4.25. The molecule has 2 N–H and O–H groups in total. The normalized spacial score (nSPS) is 20.3. The zero-order valence-electron chi connectivity index (χ0n) is 16.2. The molecule has 2 atom stereocenters.